The summed E-state index contributed by atoms with van der Waals surface area (Å²) in [6.07, 6.45) is 2.76. The molecule has 0 spiro atoms. The number of hydrogen-bond donors (Lipinski definition) is 3. The molecule has 0 aromatic heterocycles. The molecule has 82 valence electrons. The van der Waals surface area contributed by atoms with Gasteiger partial charge in [0.05, 0.1) is 0 Å². The van der Waals surface area contributed by atoms with Gasteiger partial charge in [-0.05, 0) is 37.4 Å². The Morgan fingerprint density at radius 3 is 2.87 bits per heavy atom. The minimum atomic E-state index is -0.925. The van der Waals surface area contributed by atoms with Gasteiger partial charge in [0.25, 0.3) is 0 Å². The Labute approximate surface area is 87.6 Å². The SMILES string of the molecule is Oc1ccc(CC2CCCN2)c(O)c1F. The molecule has 2 rings (SSSR count). The Balaban J connectivity index is 2.17. The summed E-state index contributed by atoms with van der Waals surface area (Å²) in [6, 6.07) is 3.15. The Morgan fingerprint density at radius 2 is 2.20 bits per heavy atom. The Morgan fingerprint density at radius 1 is 1.40 bits per heavy atom. The molecule has 3 N–H and O–H groups in total. The van der Waals surface area contributed by atoms with Gasteiger partial charge >= 0.3 is 0 Å². The van der Waals surface area contributed by atoms with Crippen LogP contribution in [0.1, 0.15) is 18.4 Å². The number of rotatable bonds is 2. The van der Waals surface area contributed by atoms with Crippen molar-refractivity contribution in [2.75, 3.05) is 6.54 Å². The summed E-state index contributed by atoms with van der Waals surface area (Å²) >= 11 is 0. The minimum absolute atomic E-state index is 0.305. The third-order valence-electron chi connectivity index (χ3n) is 2.81. The lowest BCUT2D eigenvalue weighted by atomic mass is 10.0. The summed E-state index contributed by atoms with van der Waals surface area (Å²) in [5.41, 5.74) is 0.546. The first kappa shape index (κ1) is 10.2. The van der Waals surface area contributed by atoms with Gasteiger partial charge in [0.15, 0.2) is 11.5 Å². The van der Waals surface area contributed by atoms with Crippen LogP contribution in [0, 0.1) is 5.82 Å². The number of benzene rings is 1. The highest BCUT2D eigenvalue weighted by Gasteiger charge is 2.18. The standard InChI is InChI=1S/C11H14FNO2/c12-10-9(14)4-3-7(11(10)15)6-8-2-1-5-13-8/h3-4,8,13-15H,1-2,5-6H2. The number of nitrogens with one attached hydrogen (secondary N) is 1. The van der Waals surface area contributed by atoms with E-state index in [1.54, 1.807) is 6.07 Å². The van der Waals surface area contributed by atoms with Crippen LogP contribution in [-0.4, -0.2) is 22.8 Å². The van der Waals surface area contributed by atoms with Gasteiger partial charge in [0, 0.05) is 6.04 Å². The first-order valence-electron chi connectivity index (χ1n) is 5.11. The molecule has 1 aromatic carbocycles. The molecule has 1 aliphatic rings. The van der Waals surface area contributed by atoms with E-state index in [2.05, 4.69) is 5.32 Å². The second kappa shape index (κ2) is 4.06. The van der Waals surface area contributed by atoms with E-state index < -0.39 is 17.3 Å². The van der Waals surface area contributed by atoms with E-state index in [1.807, 2.05) is 0 Å². The molecule has 1 aromatic rings. The zero-order valence-corrected chi connectivity index (χ0v) is 8.33. The monoisotopic (exact) mass is 211 g/mol. The predicted octanol–water partition coefficient (Wildman–Crippen LogP) is 1.53. The first-order valence-corrected chi connectivity index (χ1v) is 5.11. The smallest absolute Gasteiger partial charge is 0.206 e. The molecule has 15 heavy (non-hydrogen) atoms. The predicted molar refractivity (Wildman–Crippen MR) is 54.5 cm³/mol. The molecule has 0 radical (unpaired) electrons. The third-order valence-corrected chi connectivity index (χ3v) is 2.81. The van der Waals surface area contributed by atoms with Crippen molar-refractivity contribution < 1.29 is 14.6 Å². The maximum atomic E-state index is 13.1. The summed E-state index contributed by atoms with van der Waals surface area (Å²) in [5, 5.41) is 21.8. The largest absolute Gasteiger partial charge is 0.505 e. The maximum absolute atomic E-state index is 13.1. The fourth-order valence-electron chi connectivity index (χ4n) is 1.96. The van der Waals surface area contributed by atoms with Gasteiger partial charge in [-0.3, -0.25) is 0 Å². The molecule has 1 saturated heterocycles. The number of phenols is 2. The highest BCUT2D eigenvalue weighted by molar-refractivity contribution is 5.41. The van der Waals surface area contributed by atoms with E-state index in [0.29, 0.717) is 18.0 Å². The number of phenolic OH excluding ortho intramolecular Hbond substituents is 2. The summed E-state index contributed by atoms with van der Waals surface area (Å²) in [4.78, 5) is 0. The molecule has 1 atom stereocenters. The first-order chi connectivity index (χ1) is 7.18. The summed E-state index contributed by atoms with van der Waals surface area (Å²) in [5.74, 6) is -1.86. The number of aromatic hydroxyl groups is 2. The molecular weight excluding hydrogens is 197 g/mol. The van der Waals surface area contributed by atoms with Crippen molar-refractivity contribution in [1.82, 2.24) is 5.32 Å². The second-order valence-corrected chi connectivity index (χ2v) is 3.90. The van der Waals surface area contributed by atoms with Gasteiger partial charge in [-0.1, -0.05) is 6.07 Å². The van der Waals surface area contributed by atoms with Crippen LogP contribution in [0.5, 0.6) is 11.5 Å². The lowest BCUT2D eigenvalue weighted by Gasteiger charge is -2.12. The van der Waals surface area contributed by atoms with Crippen LogP contribution >= 0.6 is 0 Å². The molecular formula is C11H14FNO2. The van der Waals surface area contributed by atoms with E-state index in [0.717, 1.165) is 19.4 Å². The quantitative estimate of drug-likeness (QED) is 0.695. The van der Waals surface area contributed by atoms with Gasteiger partial charge in [0.1, 0.15) is 0 Å². The Bertz CT molecular complexity index is 362. The molecule has 0 amide bonds. The fraction of sp³-hybridized carbons (Fsp3) is 0.455. The molecule has 4 heteroatoms. The minimum Gasteiger partial charge on any atom is -0.505 e. The zero-order chi connectivity index (χ0) is 10.8. The van der Waals surface area contributed by atoms with Crippen LogP contribution < -0.4 is 5.32 Å². The van der Waals surface area contributed by atoms with Crippen LogP contribution in [0.3, 0.4) is 0 Å². The van der Waals surface area contributed by atoms with E-state index in [4.69, 9.17) is 5.11 Å². The normalized spacial score (nSPS) is 20.7. The highest BCUT2D eigenvalue weighted by Crippen LogP contribution is 2.29. The summed E-state index contributed by atoms with van der Waals surface area (Å²) in [7, 11) is 0. The average Bonchev–Trinajstić information content (AvgIpc) is 2.72. The van der Waals surface area contributed by atoms with E-state index in [1.165, 1.54) is 6.07 Å². The lowest BCUT2D eigenvalue weighted by Crippen LogP contribution is -2.23. The number of hydrogen-bond acceptors (Lipinski definition) is 3. The number of halogens is 1. The Kier molecular flexibility index (Phi) is 2.77. The van der Waals surface area contributed by atoms with Crippen molar-refractivity contribution in [2.45, 2.75) is 25.3 Å². The topological polar surface area (TPSA) is 52.5 Å². The van der Waals surface area contributed by atoms with E-state index >= 15 is 0 Å². The highest BCUT2D eigenvalue weighted by atomic mass is 19.1. The van der Waals surface area contributed by atoms with Crippen LogP contribution in [0.15, 0.2) is 12.1 Å². The van der Waals surface area contributed by atoms with Gasteiger partial charge in [-0.15, -0.1) is 0 Å². The van der Waals surface area contributed by atoms with Crippen molar-refractivity contribution >= 4 is 0 Å². The molecule has 0 saturated carbocycles. The van der Waals surface area contributed by atoms with Gasteiger partial charge in [-0.2, -0.15) is 4.39 Å². The molecule has 0 bridgehead atoms. The van der Waals surface area contributed by atoms with Crippen LogP contribution in [0.25, 0.3) is 0 Å². The van der Waals surface area contributed by atoms with E-state index in [-0.39, 0.29) is 0 Å². The molecule has 1 fully saturated rings. The van der Waals surface area contributed by atoms with Gasteiger partial charge < -0.3 is 15.5 Å². The van der Waals surface area contributed by atoms with Crippen molar-refractivity contribution in [3.05, 3.63) is 23.5 Å². The summed E-state index contributed by atoms with van der Waals surface area (Å²) < 4.78 is 13.1. The summed E-state index contributed by atoms with van der Waals surface area (Å²) in [6.45, 7) is 0.978. The van der Waals surface area contributed by atoms with Crippen LogP contribution in [0.2, 0.25) is 0 Å². The second-order valence-electron chi connectivity index (χ2n) is 3.90. The lowest BCUT2D eigenvalue weighted by molar-refractivity contribution is 0.383. The van der Waals surface area contributed by atoms with E-state index in [9.17, 15) is 9.50 Å². The van der Waals surface area contributed by atoms with Crippen molar-refractivity contribution in [3.8, 4) is 11.5 Å². The van der Waals surface area contributed by atoms with Crippen molar-refractivity contribution in [1.29, 1.82) is 0 Å². The molecule has 1 heterocycles. The molecule has 3 nitrogen and oxygen atoms in total. The van der Waals surface area contributed by atoms with Crippen molar-refractivity contribution in [3.63, 3.8) is 0 Å². The molecule has 0 aliphatic carbocycles. The fourth-order valence-corrected chi connectivity index (χ4v) is 1.96. The van der Waals surface area contributed by atoms with Crippen molar-refractivity contribution in [2.24, 2.45) is 0 Å². The average molecular weight is 211 g/mol. The van der Waals surface area contributed by atoms with Crippen LogP contribution in [0.4, 0.5) is 4.39 Å². The zero-order valence-electron chi connectivity index (χ0n) is 8.33. The third kappa shape index (κ3) is 2.04. The Hall–Kier alpha value is -1.29. The van der Waals surface area contributed by atoms with Crippen LogP contribution in [-0.2, 0) is 6.42 Å². The molecule has 1 unspecified atom stereocenters. The maximum Gasteiger partial charge on any atom is 0.206 e. The van der Waals surface area contributed by atoms with Gasteiger partial charge in [0.2, 0.25) is 5.82 Å². The molecule has 1 aliphatic heterocycles. The van der Waals surface area contributed by atoms with Gasteiger partial charge in [-0.25, -0.2) is 0 Å².